The van der Waals surface area contributed by atoms with Gasteiger partial charge in [0.1, 0.15) is 5.92 Å². The number of hydrogen-bond acceptors (Lipinski definition) is 3. The first-order valence-electron chi connectivity index (χ1n) is 4.00. The van der Waals surface area contributed by atoms with Gasteiger partial charge in [-0.2, -0.15) is 0 Å². The zero-order valence-corrected chi connectivity index (χ0v) is 7.32. The maximum atomic E-state index is 10.8. The number of carbonyl (C=O) groups excluding carboxylic acids is 1. The molecule has 0 rings (SSSR count). The Morgan fingerprint density at radius 3 is 2.08 bits per heavy atom. The van der Waals surface area contributed by atoms with Crippen LogP contribution in [0.3, 0.4) is 0 Å². The maximum Gasteiger partial charge on any atom is 0.373 e. The minimum Gasteiger partial charge on any atom is -0.481 e. The molecule has 0 heterocycles. The Morgan fingerprint density at radius 1 is 1.23 bits per heavy atom. The summed E-state index contributed by atoms with van der Waals surface area (Å²) >= 11 is 0. The van der Waals surface area contributed by atoms with E-state index in [1.54, 1.807) is 0 Å². The minimum atomic E-state index is -1.68. The molecule has 0 bridgehead atoms. The monoisotopic (exact) mass is 188 g/mol. The van der Waals surface area contributed by atoms with Gasteiger partial charge in [0.05, 0.1) is 0 Å². The highest BCUT2D eigenvalue weighted by Gasteiger charge is 2.30. The molecule has 0 aliphatic carbocycles. The van der Waals surface area contributed by atoms with E-state index in [1.807, 2.05) is 6.92 Å². The zero-order chi connectivity index (χ0) is 10.4. The van der Waals surface area contributed by atoms with Crippen LogP contribution in [0, 0.1) is 5.92 Å². The molecule has 2 N–H and O–H groups in total. The first-order chi connectivity index (χ1) is 6.00. The molecule has 0 radical (unpaired) electrons. The van der Waals surface area contributed by atoms with Gasteiger partial charge in [0.15, 0.2) is 0 Å². The number of carbonyl (C=O) groups is 3. The standard InChI is InChI=1S/C8H12O5/c1-2-3-4-5(7(10)11)6(9)8(12)13/h5H,2-4H2,1H3,(H,10,11)(H,12,13). The lowest BCUT2D eigenvalue weighted by atomic mass is 9.98. The molecular formula is C8H12O5. The van der Waals surface area contributed by atoms with Crippen LogP contribution < -0.4 is 0 Å². The third-order valence-corrected chi connectivity index (χ3v) is 1.67. The van der Waals surface area contributed by atoms with Gasteiger partial charge < -0.3 is 10.2 Å². The highest BCUT2D eigenvalue weighted by molar-refractivity contribution is 6.36. The maximum absolute atomic E-state index is 10.8. The van der Waals surface area contributed by atoms with Gasteiger partial charge in [-0.3, -0.25) is 9.59 Å². The smallest absolute Gasteiger partial charge is 0.373 e. The van der Waals surface area contributed by atoms with Crippen LogP contribution in [0.25, 0.3) is 0 Å². The van der Waals surface area contributed by atoms with Crippen LogP contribution in [0.1, 0.15) is 26.2 Å². The molecule has 1 unspecified atom stereocenters. The number of Topliss-reactive ketones (excluding diaryl/α,β-unsaturated/α-hetero) is 1. The summed E-state index contributed by atoms with van der Waals surface area (Å²) in [5.41, 5.74) is 0. The minimum absolute atomic E-state index is 0.0942. The first kappa shape index (κ1) is 11.6. The van der Waals surface area contributed by atoms with Gasteiger partial charge in [-0.25, -0.2) is 4.79 Å². The number of hydrogen-bond donors (Lipinski definition) is 2. The van der Waals surface area contributed by atoms with Crippen molar-refractivity contribution >= 4 is 17.7 Å². The molecule has 74 valence electrons. The fourth-order valence-electron chi connectivity index (χ4n) is 0.924. The summed E-state index contributed by atoms with van der Waals surface area (Å²) in [5, 5.41) is 16.8. The van der Waals surface area contributed by atoms with Gasteiger partial charge in [0, 0.05) is 0 Å². The van der Waals surface area contributed by atoms with Crippen LogP contribution in [0.15, 0.2) is 0 Å². The second-order valence-corrected chi connectivity index (χ2v) is 2.70. The van der Waals surface area contributed by atoms with Gasteiger partial charge >= 0.3 is 11.9 Å². The predicted molar refractivity (Wildman–Crippen MR) is 43.3 cm³/mol. The summed E-state index contributed by atoms with van der Waals surface area (Å²) < 4.78 is 0. The zero-order valence-electron chi connectivity index (χ0n) is 7.32. The fourth-order valence-corrected chi connectivity index (χ4v) is 0.924. The van der Waals surface area contributed by atoms with Gasteiger partial charge in [0.25, 0.3) is 5.78 Å². The van der Waals surface area contributed by atoms with Crippen molar-refractivity contribution in [3.63, 3.8) is 0 Å². The molecule has 0 saturated heterocycles. The number of rotatable bonds is 6. The summed E-state index contributed by atoms with van der Waals surface area (Å²) in [5.74, 6) is -5.66. The second kappa shape index (κ2) is 5.29. The summed E-state index contributed by atoms with van der Waals surface area (Å²) in [4.78, 5) is 31.5. The molecule has 0 aromatic rings. The lowest BCUT2D eigenvalue weighted by Crippen LogP contribution is -2.29. The fraction of sp³-hybridized carbons (Fsp3) is 0.625. The van der Waals surface area contributed by atoms with E-state index < -0.39 is 23.6 Å². The SMILES string of the molecule is CCCCC(C(=O)O)C(=O)C(=O)O. The Morgan fingerprint density at radius 2 is 1.77 bits per heavy atom. The van der Waals surface area contributed by atoms with Crippen molar-refractivity contribution in [2.24, 2.45) is 5.92 Å². The molecular weight excluding hydrogens is 176 g/mol. The van der Waals surface area contributed by atoms with Crippen LogP contribution in [0.2, 0.25) is 0 Å². The second-order valence-electron chi connectivity index (χ2n) is 2.70. The first-order valence-corrected chi connectivity index (χ1v) is 4.00. The Labute approximate surface area is 75.4 Å². The predicted octanol–water partition coefficient (Wildman–Crippen LogP) is 0.531. The van der Waals surface area contributed by atoms with E-state index in [-0.39, 0.29) is 6.42 Å². The topological polar surface area (TPSA) is 91.7 Å². The Bertz CT molecular complexity index is 221. The van der Waals surface area contributed by atoms with Crippen molar-refractivity contribution in [2.45, 2.75) is 26.2 Å². The average molecular weight is 188 g/mol. The van der Waals surface area contributed by atoms with E-state index in [0.717, 1.165) is 6.42 Å². The van der Waals surface area contributed by atoms with Crippen LogP contribution in [-0.2, 0) is 14.4 Å². The van der Waals surface area contributed by atoms with E-state index in [9.17, 15) is 14.4 Å². The van der Waals surface area contributed by atoms with E-state index in [0.29, 0.717) is 6.42 Å². The molecule has 1 atom stereocenters. The number of ketones is 1. The number of carboxylic acid groups (broad SMARTS) is 2. The molecule has 13 heavy (non-hydrogen) atoms. The largest absolute Gasteiger partial charge is 0.481 e. The quantitative estimate of drug-likeness (QED) is 0.468. The van der Waals surface area contributed by atoms with Gasteiger partial charge in [-0.15, -0.1) is 0 Å². The van der Waals surface area contributed by atoms with E-state index >= 15 is 0 Å². The van der Waals surface area contributed by atoms with Gasteiger partial charge in [-0.05, 0) is 6.42 Å². The molecule has 5 nitrogen and oxygen atoms in total. The normalized spacial score (nSPS) is 12.1. The third kappa shape index (κ3) is 3.68. The lowest BCUT2D eigenvalue weighted by molar-refractivity contribution is -0.157. The van der Waals surface area contributed by atoms with Crippen LogP contribution in [-0.4, -0.2) is 27.9 Å². The molecule has 0 fully saturated rings. The number of aliphatic carboxylic acids is 2. The van der Waals surface area contributed by atoms with Crippen molar-refractivity contribution in [1.29, 1.82) is 0 Å². The molecule has 0 amide bonds. The van der Waals surface area contributed by atoms with Crippen LogP contribution >= 0.6 is 0 Å². The van der Waals surface area contributed by atoms with E-state index in [4.69, 9.17) is 10.2 Å². The van der Waals surface area contributed by atoms with Crippen LogP contribution in [0.5, 0.6) is 0 Å². The van der Waals surface area contributed by atoms with Gasteiger partial charge in [-0.1, -0.05) is 19.8 Å². The molecule has 5 heteroatoms. The van der Waals surface area contributed by atoms with Crippen molar-refractivity contribution in [2.75, 3.05) is 0 Å². The summed E-state index contributed by atoms with van der Waals surface area (Å²) in [6, 6.07) is 0. The molecule has 0 aliphatic heterocycles. The Hall–Kier alpha value is -1.39. The summed E-state index contributed by atoms with van der Waals surface area (Å²) in [6.07, 6.45) is 1.36. The van der Waals surface area contributed by atoms with Crippen molar-refractivity contribution in [3.8, 4) is 0 Å². The lowest BCUT2D eigenvalue weighted by Gasteiger charge is -2.06. The van der Waals surface area contributed by atoms with E-state index in [1.165, 1.54) is 0 Å². The average Bonchev–Trinajstić information content (AvgIpc) is 2.04. The molecule has 0 aromatic heterocycles. The van der Waals surface area contributed by atoms with Crippen molar-refractivity contribution in [3.05, 3.63) is 0 Å². The molecule has 0 saturated carbocycles. The van der Waals surface area contributed by atoms with Crippen molar-refractivity contribution < 1.29 is 24.6 Å². The van der Waals surface area contributed by atoms with Crippen LogP contribution in [0.4, 0.5) is 0 Å². The molecule has 0 spiro atoms. The van der Waals surface area contributed by atoms with E-state index in [2.05, 4.69) is 0 Å². The number of unbranched alkanes of at least 4 members (excludes halogenated alkanes) is 1. The van der Waals surface area contributed by atoms with Crippen molar-refractivity contribution in [1.82, 2.24) is 0 Å². The summed E-state index contributed by atoms with van der Waals surface area (Å²) in [6.45, 7) is 1.84. The highest BCUT2D eigenvalue weighted by Crippen LogP contribution is 2.10. The highest BCUT2D eigenvalue weighted by atomic mass is 16.4. The number of carboxylic acids is 2. The summed E-state index contributed by atoms with van der Waals surface area (Å²) in [7, 11) is 0. The van der Waals surface area contributed by atoms with Gasteiger partial charge in [0.2, 0.25) is 0 Å². The molecule has 0 aromatic carbocycles. The molecule has 0 aliphatic rings. The Balaban J connectivity index is 4.33. The Kier molecular flexibility index (Phi) is 4.72. The third-order valence-electron chi connectivity index (χ3n) is 1.67.